The van der Waals surface area contributed by atoms with Crippen LogP contribution in [0, 0.1) is 0 Å². The Morgan fingerprint density at radius 1 is 1.40 bits per heavy atom. The van der Waals surface area contributed by atoms with Gasteiger partial charge in [0.15, 0.2) is 0 Å². The second-order valence-corrected chi connectivity index (χ2v) is 6.12. The molecule has 0 fully saturated rings. The number of rotatable bonds is 7. The first kappa shape index (κ1) is 15.1. The molecule has 4 heteroatoms. The topological polar surface area (TPSA) is 44.9 Å². The summed E-state index contributed by atoms with van der Waals surface area (Å²) < 4.78 is 0. The minimum atomic E-state index is -0.0644. The lowest BCUT2D eigenvalue weighted by atomic mass is 10.1. The van der Waals surface area contributed by atoms with E-state index in [4.69, 9.17) is 0 Å². The normalized spacial score (nSPS) is 12.5. The van der Waals surface area contributed by atoms with E-state index < -0.39 is 0 Å². The molecule has 1 aromatic carbocycles. The first-order chi connectivity index (χ1) is 9.72. The van der Waals surface area contributed by atoms with Crippen LogP contribution < -0.4 is 5.32 Å². The van der Waals surface area contributed by atoms with Crippen molar-refractivity contribution < 1.29 is 4.79 Å². The molecule has 2 rings (SSSR count). The van der Waals surface area contributed by atoms with Crippen LogP contribution in [0.25, 0.3) is 10.9 Å². The summed E-state index contributed by atoms with van der Waals surface area (Å²) in [6.45, 7) is 2.81. The molecule has 1 amide bonds. The van der Waals surface area contributed by atoms with Gasteiger partial charge in [0.05, 0.1) is 4.83 Å². The van der Waals surface area contributed by atoms with E-state index in [2.05, 4.69) is 45.3 Å². The number of nitrogens with one attached hydrogen (secondary N) is 2. The molecular weight excluding hydrogens is 316 g/mol. The van der Waals surface area contributed by atoms with Gasteiger partial charge in [-0.15, -0.1) is 0 Å². The molecular formula is C16H21BrN2O. The molecule has 20 heavy (non-hydrogen) atoms. The third kappa shape index (κ3) is 3.85. The molecule has 1 aromatic heterocycles. The number of fused-ring (bicyclic) bond motifs is 1. The third-order valence-electron chi connectivity index (χ3n) is 3.46. The van der Waals surface area contributed by atoms with Crippen molar-refractivity contribution >= 4 is 32.7 Å². The van der Waals surface area contributed by atoms with E-state index in [0.29, 0.717) is 6.54 Å². The lowest BCUT2D eigenvalue weighted by molar-refractivity contribution is -0.120. The summed E-state index contributed by atoms with van der Waals surface area (Å²) >= 11 is 3.44. The summed E-state index contributed by atoms with van der Waals surface area (Å²) in [5.41, 5.74) is 2.40. The minimum Gasteiger partial charge on any atom is -0.361 e. The van der Waals surface area contributed by atoms with Gasteiger partial charge < -0.3 is 10.3 Å². The maximum atomic E-state index is 11.9. The Balaban J connectivity index is 1.82. The number of hydrogen-bond donors (Lipinski definition) is 2. The van der Waals surface area contributed by atoms with Gasteiger partial charge >= 0.3 is 0 Å². The van der Waals surface area contributed by atoms with Crippen molar-refractivity contribution in [2.75, 3.05) is 6.54 Å². The van der Waals surface area contributed by atoms with E-state index in [1.807, 2.05) is 18.3 Å². The fraction of sp³-hybridized carbons (Fsp3) is 0.438. The van der Waals surface area contributed by atoms with Crippen molar-refractivity contribution in [1.82, 2.24) is 10.3 Å². The fourth-order valence-corrected chi connectivity index (χ4v) is 2.77. The first-order valence-electron chi connectivity index (χ1n) is 7.19. The molecule has 0 saturated heterocycles. The molecule has 0 aliphatic rings. The predicted octanol–water partition coefficient (Wildman–Crippen LogP) is 3.78. The predicted molar refractivity (Wildman–Crippen MR) is 87.3 cm³/mol. The lowest BCUT2D eigenvalue weighted by Gasteiger charge is -2.10. The van der Waals surface area contributed by atoms with Crippen molar-refractivity contribution in [1.29, 1.82) is 0 Å². The molecule has 1 atom stereocenters. The van der Waals surface area contributed by atoms with Crippen LogP contribution in [0.15, 0.2) is 30.5 Å². The summed E-state index contributed by atoms with van der Waals surface area (Å²) in [5, 5.41) is 4.23. The standard InChI is InChI=1S/C16H21BrN2O/c1-2-3-7-14(17)16(20)18-10-9-12-11-19-15-8-5-4-6-13(12)15/h4-6,8,11,14,19H,2-3,7,9-10H2,1H3,(H,18,20). The quantitative estimate of drug-likeness (QED) is 0.742. The molecule has 0 spiro atoms. The summed E-state index contributed by atoms with van der Waals surface area (Å²) in [6, 6.07) is 8.24. The van der Waals surface area contributed by atoms with E-state index in [0.717, 1.165) is 31.2 Å². The zero-order chi connectivity index (χ0) is 14.4. The second kappa shape index (κ2) is 7.48. The average molecular weight is 337 g/mol. The summed E-state index contributed by atoms with van der Waals surface area (Å²) in [4.78, 5) is 15.1. The number of hydrogen-bond acceptors (Lipinski definition) is 1. The zero-order valence-corrected chi connectivity index (χ0v) is 13.4. The molecule has 2 N–H and O–H groups in total. The van der Waals surface area contributed by atoms with Crippen LogP contribution in [0.4, 0.5) is 0 Å². The molecule has 3 nitrogen and oxygen atoms in total. The van der Waals surface area contributed by atoms with Crippen LogP contribution >= 0.6 is 15.9 Å². The molecule has 0 bridgehead atoms. The van der Waals surface area contributed by atoms with E-state index in [9.17, 15) is 4.79 Å². The number of amides is 1. The van der Waals surface area contributed by atoms with Gasteiger partial charge in [-0.1, -0.05) is 53.9 Å². The second-order valence-electron chi connectivity index (χ2n) is 5.01. The average Bonchev–Trinajstić information content (AvgIpc) is 2.88. The molecule has 0 aliphatic heterocycles. The SMILES string of the molecule is CCCCC(Br)C(=O)NCCc1c[nH]c2ccccc12. The number of alkyl halides is 1. The van der Waals surface area contributed by atoms with Crippen LogP contribution in [-0.2, 0) is 11.2 Å². The molecule has 2 aromatic rings. The summed E-state index contributed by atoms with van der Waals surface area (Å²) in [7, 11) is 0. The number of H-pyrrole nitrogens is 1. The number of unbranched alkanes of at least 4 members (excludes halogenated alkanes) is 1. The third-order valence-corrected chi connectivity index (χ3v) is 4.34. The van der Waals surface area contributed by atoms with Gasteiger partial charge in [0.25, 0.3) is 0 Å². The van der Waals surface area contributed by atoms with Gasteiger partial charge in [-0.25, -0.2) is 0 Å². The maximum Gasteiger partial charge on any atom is 0.233 e. The molecule has 0 aliphatic carbocycles. The van der Waals surface area contributed by atoms with Crippen molar-refractivity contribution in [2.24, 2.45) is 0 Å². The Labute approximate surface area is 128 Å². The minimum absolute atomic E-state index is 0.0644. The number of aromatic nitrogens is 1. The molecule has 0 saturated carbocycles. The largest absolute Gasteiger partial charge is 0.361 e. The highest BCUT2D eigenvalue weighted by atomic mass is 79.9. The van der Waals surface area contributed by atoms with E-state index in [-0.39, 0.29) is 10.7 Å². The van der Waals surface area contributed by atoms with Crippen LogP contribution in [0.3, 0.4) is 0 Å². The van der Waals surface area contributed by atoms with Crippen LogP contribution in [0.1, 0.15) is 31.7 Å². The Bertz CT molecular complexity index is 564. The van der Waals surface area contributed by atoms with Crippen LogP contribution in [-0.4, -0.2) is 22.3 Å². The zero-order valence-electron chi connectivity index (χ0n) is 11.8. The van der Waals surface area contributed by atoms with Crippen molar-refractivity contribution in [3.8, 4) is 0 Å². The highest BCUT2D eigenvalue weighted by Crippen LogP contribution is 2.17. The van der Waals surface area contributed by atoms with Crippen molar-refractivity contribution in [2.45, 2.75) is 37.4 Å². The van der Waals surface area contributed by atoms with E-state index in [1.165, 1.54) is 10.9 Å². The Morgan fingerprint density at radius 2 is 2.20 bits per heavy atom. The van der Waals surface area contributed by atoms with Crippen molar-refractivity contribution in [3.05, 3.63) is 36.0 Å². The molecule has 0 radical (unpaired) electrons. The maximum absolute atomic E-state index is 11.9. The van der Waals surface area contributed by atoms with Gasteiger partial charge in [-0.3, -0.25) is 4.79 Å². The Morgan fingerprint density at radius 3 is 3.00 bits per heavy atom. The summed E-state index contributed by atoms with van der Waals surface area (Å²) in [5.74, 6) is 0.0956. The van der Waals surface area contributed by atoms with Gasteiger partial charge in [0, 0.05) is 23.6 Å². The van der Waals surface area contributed by atoms with E-state index in [1.54, 1.807) is 0 Å². The van der Waals surface area contributed by atoms with Gasteiger partial charge in [0.1, 0.15) is 0 Å². The van der Waals surface area contributed by atoms with Gasteiger partial charge in [0.2, 0.25) is 5.91 Å². The lowest BCUT2D eigenvalue weighted by Crippen LogP contribution is -2.32. The highest BCUT2D eigenvalue weighted by molar-refractivity contribution is 9.10. The number of aromatic amines is 1. The van der Waals surface area contributed by atoms with Crippen LogP contribution in [0.2, 0.25) is 0 Å². The monoisotopic (exact) mass is 336 g/mol. The van der Waals surface area contributed by atoms with Gasteiger partial charge in [-0.2, -0.15) is 0 Å². The van der Waals surface area contributed by atoms with Crippen LogP contribution in [0.5, 0.6) is 0 Å². The number of carbonyl (C=O) groups excluding carboxylic acids is 1. The smallest absolute Gasteiger partial charge is 0.233 e. The summed E-state index contributed by atoms with van der Waals surface area (Å²) in [6.07, 6.45) is 5.97. The number of para-hydroxylation sites is 1. The molecule has 1 heterocycles. The fourth-order valence-electron chi connectivity index (χ4n) is 2.28. The molecule has 1 unspecified atom stereocenters. The van der Waals surface area contributed by atoms with Gasteiger partial charge in [-0.05, 0) is 24.5 Å². The molecule has 108 valence electrons. The number of benzene rings is 1. The van der Waals surface area contributed by atoms with E-state index >= 15 is 0 Å². The number of carbonyl (C=O) groups is 1. The Kier molecular flexibility index (Phi) is 5.65. The first-order valence-corrected chi connectivity index (χ1v) is 8.10. The Hall–Kier alpha value is -1.29. The number of halogens is 1. The van der Waals surface area contributed by atoms with Crippen molar-refractivity contribution in [3.63, 3.8) is 0 Å². The highest BCUT2D eigenvalue weighted by Gasteiger charge is 2.13.